The van der Waals surface area contributed by atoms with Crippen LogP contribution in [0.4, 0.5) is 0 Å². The minimum absolute atomic E-state index is 0.348. The third-order valence-electron chi connectivity index (χ3n) is 4.30. The third kappa shape index (κ3) is 3.20. The topological polar surface area (TPSA) is 30.3 Å². The van der Waals surface area contributed by atoms with Gasteiger partial charge in [0.05, 0.1) is 18.3 Å². The van der Waals surface area contributed by atoms with Crippen molar-refractivity contribution in [2.45, 2.75) is 32.0 Å². The van der Waals surface area contributed by atoms with Crippen LogP contribution in [0.25, 0.3) is 0 Å². The summed E-state index contributed by atoms with van der Waals surface area (Å²) in [6, 6.07) is 4.70. The van der Waals surface area contributed by atoms with E-state index in [1.165, 1.54) is 24.1 Å². The van der Waals surface area contributed by atoms with Gasteiger partial charge in [0.25, 0.3) is 0 Å². The molecule has 1 aliphatic heterocycles. The van der Waals surface area contributed by atoms with Gasteiger partial charge in [-0.05, 0) is 47.2 Å². The lowest BCUT2D eigenvalue weighted by Crippen LogP contribution is -2.39. The molecule has 0 saturated heterocycles. The van der Waals surface area contributed by atoms with E-state index in [-0.39, 0.29) is 0 Å². The van der Waals surface area contributed by atoms with Crippen molar-refractivity contribution in [2.24, 2.45) is 5.92 Å². The lowest BCUT2D eigenvalue weighted by Gasteiger charge is -2.33. The fourth-order valence-electron chi connectivity index (χ4n) is 3.00. The summed E-state index contributed by atoms with van der Waals surface area (Å²) in [6.45, 7) is 4.74. The van der Waals surface area contributed by atoms with Gasteiger partial charge in [0.1, 0.15) is 0 Å². The third-order valence-corrected chi connectivity index (χ3v) is 5.03. The Morgan fingerprint density at radius 2 is 2.24 bits per heavy atom. The summed E-state index contributed by atoms with van der Waals surface area (Å²) in [5.74, 6) is 0.826. The number of nitrogens with zero attached hydrogens (tertiary/aromatic N) is 3. The highest BCUT2D eigenvalue weighted by Crippen LogP contribution is 2.29. The zero-order chi connectivity index (χ0) is 14.1. The molecule has 1 fully saturated rings. The molecule has 1 atom stereocenters. The number of ether oxygens (including phenoxy) is 1. The highest BCUT2D eigenvalue weighted by molar-refractivity contribution is 7.07. The first-order chi connectivity index (χ1) is 10.4. The zero-order valence-electron chi connectivity index (χ0n) is 12.1. The van der Waals surface area contributed by atoms with E-state index in [0.29, 0.717) is 6.04 Å². The molecule has 0 aromatic carbocycles. The van der Waals surface area contributed by atoms with Gasteiger partial charge in [-0.3, -0.25) is 9.58 Å². The molecule has 2 aromatic heterocycles. The SMILES string of the molecule is c1cc2n(n1)[C@H](COCC1CC1)CN(Cc1ccsc1)C2. The molecule has 0 amide bonds. The normalized spacial score (nSPS) is 22.4. The van der Waals surface area contributed by atoms with Crippen LogP contribution in [0.3, 0.4) is 0 Å². The van der Waals surface area contributed by atoms with Crippen LogP contribution in [0.2, 0.25) is 0 Å². The summed E-state index contributed by atoms with van der Waals surface area (Å²) in [6.07, 6.45) is 4.61. The lowest BCUT2D eigenvalue weighted by molar-refractivity contribution is 0.0569. The second-order valence-electron chi connectivity index (χ2n) is 6.20. The van der Waals surface area contributed by atoms with Crippen molar-refractivity contribution in [1.29, 1.82) is 0 Å². The van der Waals surface area contributed by atoms with Crippen LogP contribution < -0.4 is 0 Å². The fourth-order valence-corrected chi connectivity index (χ4v) is 3.66. The number of thiophene rings is 1. The maximum absolute atomic E-state index is 5.92. The van der Waals surface area contributed by atoms with Crippen molar-refractivity contribution < 1.29 is 4.74 Å². The minimum atomic E-state index is 0.348. The van der Waals surface area contributed by atoms with E-state index in [4.69, 9.17) is 4.74 Å². The van der Waals surface area contributed by atoms with Crippen LogP contribution in [0.1, 0.15) is 30.1 Å². The van der Waals surface area contributed by atoms with E-state index < -0.39 is 0 Å². The molecule has 3 heterocycles. The summed E-state index contributed by atoms with van der Waals surface area (Å²) < 4.78 is 8.09. The zero-order valence-corrected chi connectivity index (χ0v) is 13.0. The molecule has 0 radical (unpaired) electrons. The van der Waals surface area contributed by atoms with Gasteiger partial charge in [-0.2, -0.15) is 16.4 Å². The van der Waals surface area contributed by atoms with Crippen molar-refractivity contribution in [1.82, 2.24) is 14.7 Å². The Morgan fingerprint density at radius 1 is 1.29 bits per heavy atom. The Hall–Kier alpha value is -1.17. The molecule has 0 unspecified atom stereocenters. The maximum atomic E-state index is 5.92. The molecule has 0 N–H and O–H groups in total. The average molecular weight is 303 g/mol. The van der Waals surface area contributed by atoms with Gasteiger partial charge in [0.2, 0.25) is 0 Å². The molecule has 2 aliphatic rings. The Kier molecular flexibility index (Phi) is 3.80. The molecule has 0 bridgehead atoms. The minimum Gasteiger partial charge on any atom is -0.379 e. The van der Waals surface area contributed by atoms with E-state index >= 15 is 0 Å². The molecular formula is C16H21N3OS. The van der Waals surface area contributed by atoms with Crippen LogP contribution in [0.15, 0.2) is 29.1 Å². The Labute approximate surface area is 129 Å². The molecule has 4 rings (SSSR count). The van der Waals surface area contributed by atoms with Gasteiger partial charge in [-0.25, -0.2) is 0 Å². The van der Waals surface area contributed by atoms with Gasteiger partial charge < -0.3 is 4.74 Å². The summed E-state index contributed by atoms with van der Waals surface area (Å²) >= 11 is 1.77. The standard InChI is InChI=1S/C16H21N3OS/c1-2-13(1)10-20-11-16-9-18(7-14-4-6-21-12-14)8-15-3-5-17-19(15)16/h3-6,12-13,16H,1-2,7-11H2/t16-/m0/s1. The highest BCUT2D eigenvalue weighted by Gasteiger charge is 2.27. The predicted octanol–water partition coefficient (Wildman–Crippen LogP) is 2.93. The van der Waals surface area contributed by atoms with Gasteiger partial charge in [0, 0.05) is 32.4 Å². The summed E-state index contributed by atoms with van der Waals surface area (Å²) in [4.78, 5) is 2.50. The summed E-state index contributed by atoms with van der Waals surface area (Å²) in [5, 5.41) is 8.89. The molecule has 1 aliphatic carbocycles. The molecule has 2 aromatic rings. The van der Waals surface area contributed by atoms with Crippen LogP contribution in [0.5, 0.6) is 0 Å². The summed E-state index contributed by atoms with van der Waals surface area (Å²) in [7, 11) is 0. The van der Waals surface area contributed by atoms with Gasteiger partial charge >= 0.3 is 0 Å². The van der Waals surface area contributed by atoms with Gasteiger partial charge in [-0.1, -0.05) is 0 Å². The number of aromatic nitrogens is 2. The molecule has 112 valence electrons. The van der Waals surface area contributed by atoms with Gasteiger partial charge in [0.15, 0.2) is 0 Å². The van der Waals surface area contributed by atoms with Crippen LogP contribution >= 0.6 is 11.3 Å². The first-order valence-electron chi connectivity index (χ1n) is 7.72. The number of fused-ring (bicyclic) bond motifs is 1. The second kappa shape index (κ2) is 5.91. The smallest absolute Gasteiger partial charge is 0.0883 e. The van der Waals surface area contributed by atoms with Gasteiger partial charge in [-0.15, -0.1) is 0 Å². The highest BCUT2D eigenvalue weighted by atomic mass is 32.1. The Morgan fingerprint density at radius 3 is 3.05 bits per heavy atom. The van der Waals surface area contributed by atoms with E-state index in [0.717, 1.165) is 38.8 Å². The predicted molar refractivity (Wildman–Crippen MR) is 83.2 cm³/mol. The van der Waals surface area contributed by atoms with E-state index in [1.807, 2.05) is 6.20 Å². The van der Waals surface area contributed by atoms with Crippen LogP contribution in [0, 0.1) is 5.92 Å². The molecule has 1 saturated carbocycles. The number of hydrogen-bond donors (Lipinski definition) is 0. The molecular weight excluding hydrogens is 282 g/mol. The van der Waals surface area contributed by atoms with Crippen molar-refractivity contribution in [2.75, 3.05) is 19.8 Å². The molecule has 4 nitrogen and oxygen atoms in total. The molecule has 5 heteroatoms. The van der Waals surface area contributed by atoms with Crippen molar-refractivity contribution in [3.63, 3.8) is 0 Å². The second-order valence-corrected chi connectivity index (χ2v) is 6.98. The fraction of sp³-hybridized carbons (Fsp3) is 0.562. The van der Waals surface area contributed by atoms with E-state index in [1.54, 1.807) is 11.3 Å². The molecule has 0 spiro atoms. The summed E-state index contributed by atoms with van der Waals surface area (Å²) in [5.41, 5.74) is 2.71. The first-order valence-corrected chi connectivity index (χ1v) is 8.66. The van der Waals surface area contributed by atoms with E-state index in [9.17, 15) is 0 Å². The number of rotatable bonds is 6. The van der Waals surface area contributed by atoms with E-state index in [2.05, 4.69) is 37.6 Å². The first kappa shape index (κ1) is 13.5. The van der Waals surface area contributed by atoms with Crippen LogP contribution in [-0.2, 0) is 17.8 Å². The van der Waals surface area contributed by atoms with Crippen molar-refractivity contribution in [3.8, 4) is 0 Å². The number of hydrogen-bond acceptors (Lipinski definition) is 4. The largest absolute Gasteiger partial charge is 0.379 e. The average Bonchev–Trinajstić information content (AvgIpc) is 2.97. The van der Waals surface area contributed by atoms with Crippen molar-refractivity contribution in [3.05, 3.63) is 40.3 Å². The van der Waals surface area contributed by atoms with Crippen LogP contribution in [-0.4, -0.2) is 34.4 Å². The Balaban J connectivity index is 1.41. The lowest BCUT2D eigenvalue weighted by atomic mass is 10.2. The van der Waals surface area contributed by atoms with Crippen molar-refractivity contribution >= 4 is 11.3 Å². The Bertz CT molecular complexity index is 576. The quantitative estimate of drug-likeness (QED) is 0.822. The monoisotopic (exact) mass is 303 g/mol. The maximum Gasteiger partial charge on any atom is 0.0883 e. The molecule has 21 heavy (non-hydrogen) atoms.